The maximum Gasteiger partial charge on any atom is 0.253 e. The van der Waals surface area contributed by atoms with E-state index in [9.17, 15) is 4.79 Å². The number of nitrogens with zero attached hydrogens (tertiary/aromatic N) is 4. The molecule has 0 radical (unpaired) electrons. The Morgan fingerprint density at radius 1 is 1.23 bits per heavy atom. The molecule has 26 heavy (non-hydrogen) atoms. The van der Waals surface area contributed by atoms with Crippen molar-refractivity contribution in [1.29, 1.82) is 0 Å². The lowest BCUT2D eigenvalue weighted by atomic mass is 9.99. The first kappa shape index (κ1) is 17.0. The van der Waals surface area contributed by atoms with Crippen molar-refractivity contribution in [3.63, 3.8) is 0 Å². The molecular weight excluding hydrogens is 324 g/mol. The fourth-order valence-electron chi connectivity index (χ4n) is 3.89. The van der Waals surface area contributed by atoms with Crippen molar-refractivity contribution in [1.82, 2.24) is 14.9 Å². The van der Waals surface area contributed by atoms with Crippen molar-refractivity contribution in [3.05, 3.63) is 40.6 Å². The van der Waals surface area contributed by atoms with Gasteiger partial charge >= 0.3 is 0 Å². The van der Waals surface area contributed by atoms with Gasteiger partial charge in [0.15, 0.2) is 0 Å². The maximum absolute atomic E-state index is 12.3. The van der Waals surface area contributed by atoms with E-state index in [0.29, 0.717) is 6.04 Å². The summed E-state index contributed by atoms with van der Waals surface area (Å²) in [4.78, 5) is 26.0. The van der Waals surface area contributed by atoms with Crippen LogP contribution in [-0.4, -0.2) is 47.5 Å². The van der Waals surface area contributed by atoms with Crippen molar-refractivity contribution in [2.75, 3.05) is 25.5 Å². The maximum atomic E-state index is 12.3. The zero-order chi connectivity index (χ0) is 18.4. The molecule has 1 amide bonds. The molecule has 5 nitrogen and oxygen atoms in total. The molecule has 0 unspecified atom stereocenters. The Balaban J connectivity index is 1.78. The van der Waals surface area contributed by atoms with E-state index in [1.54, 1.807) is 19.0 Å². The van der Waals surface area contributed by atoms with Gasteiger partial charge in [-0.3, -0.25) is 4.79 Å². The summed E-state index contributed by atoms with van der Waals surface area (Å²) in [7, 11) is 3.57. The third-order valence-corrected chi connectivity index (χ3v) is 5.63. The van der Waals surface area contributed by atoms with Crippen LogP contribution in [0.1, 0.15) is 46.9 Å². The summed E-state index contributed by atoms with van der Waals surface area (Å²) < 4.78 is 0. The van der Waals surface area contributed by atoms with Crippen molar-refractivity contribution in [3.8, 4) is 11.3 Å². The second-order valence-corrected chi connectivity index (χ2v) is 7.71. The lowest BCUT2D eigenvalue weighted by Gasteiger charge is -2.39. The number of benzene rings is 1. The van der Waals surface area contributed by atoms with Crippen LogP contribution in [0.15, 0.2) is 18.2 Å². The summed E-state index contributed by atoms with van der Waals surface area (Å²) in [6, 6.07) is 6.58. The van der Waals surface area contributed by atoms with Gasteiger partial charge in [-0.2, -0.15) is 0 Å². The number of fused-ring (bicyclic) bond motifs is 1. The Hall–Kier alpha value is -2.43. The van der Waals surface area contributed by atoms with Crippen LogP contribution in [0, 0.1) is 6.92 Å². The molecule has 0 saturated carbocycles. The SMILES string of the molecule is Cc1cc(-c2nc(N3CC[C@@H]3C)nc3c2CCC3)ccc1C(=O)N(C)C. The minimum atomic E-state index is 0.0389. The van der Waals surface area contributed by atoms with Gasteiger partial charge in [0.1, 0.15) is 0 Å². The van der Waals surface area contributed by atoms with Crippen LogP contribution < -0.4 is 4.90 Å². The van der Waals surface area contributed by atoms with Crippen LogP contribution in [0.25, 0.3) is 11.3 Å². The molecule has 2 aliphatic rings. The second kappa shape index (κ2) is 6.38. The zero-order valence-corrected chi connectivity index (χ0v) is 16.0. The Morgan fingerprint density at radius 2 is 2.04 bits per heavy atom. The van der Waals surface area contributed by atoms with Gasteiger partial charge in [-0.25, -0.2) is 9.97 Å². The monoisotopic (exact) mass is 350 g/mol. The predicted octanol–water partition coefficient (Wildman–Crippen LogP) is 3.24. The summed E-state index contributed by atoms with van der Waals surface area (Å²) >= 11 is 0. The molecule has 0 N–H and O–H groups in total. The first-order chi connectivity index (χ1) is 12.5. The van der Waals surface area contributed by atoms with Gasteiger partial charge < -0.3 is 9.80 Å². The molecule has 0 spiro atoms. The number of hydrogen-bond donors (Lipinski definition) is 0. The highest BCUT2D eigenvalue weighted by molar-refractivity contribution is 5.96. The van der Waals surface area contributed by atoms with E-state index in [1.807, 2.05) is 19.1 Å². The molecule has 1 fully saturated rings. The van der Waals surface area contributed by atoms with Gasteiger partial charge in [-0.05, 0) is 57.2 Å². The third kappa shape index (κ3) is 2.75. The van der Waals surface area contributed by atoms with E-state index in [0.717, 1.165) is 54.1 Å². The number of carbonyl (C=O) groups is 1. The Morgan fingerprint density at radius 3 is 2.65 bits per heavy atom. The number of aromatic nitrogens is 2. The number of anilines is 1. The number of hydrogen-bond acceptors (Lipinski definition) is 4. The molecule has 1 aliphatic heterocycles. The first-order valence-electron chi connectivity index (χ1n) is 9.45. The summed E-state index contributed by atoms with van der Waals surface area (Å²) in [6.45, 7) is 5.26. The molecule has 1 atom stereocenters. The van der Waals surface area contributed by atoms with Crippen molar-refractivity contribution in [2.24, 2.45) is 0 Å². The van der Waals surface area contributed by atoms with E-state index in [1.165, 1.54) is 17.7 Å². The molecule has 4 rings (SSSR count). The first-order valence-corrected chi connectivity index (χ1v) is 9.45. The molecule has 136 valence electrons. The van der Waals surface area contributed by atoms with Crippen molar-refractivity contribution >= 4 is 11.9 Å². The molecule has 1 aromatic heterocycles. The number of carbonyl (C=O) groups excluding carboxylic acids is 1. The van der Waals surface area contributed by atoms with Crippen molar-refractivity contribution < 1.29 is 4.79 Å². The van der Waals surface area contributed by atoms with Crippen molar-refractivity contribution in [2.45, 2.75) is 45.6 Å². The molecule has 2 aromatic rings. The zero-order valence-electron chi connectivity index (χ0n) is 16.0. The Labute approximate surface area is 155 Å². The molecule has 5 heteroatoms. The van der Waals surface area contributed by atoms with Crippen LogP contribution in [0.2, 0.25) is 0 Å². The fourth-order valence-corrected chi connectivity index (χ4v) is 3.89. The van der Waals surface area contributed by atoms with Gasteiger partial charge in [-0.15, -0.1) is 0 Å². The third-order valence-electron chi connectivity index (χ3n) is 5.63. The highest BCUT2D eigenvalue weighted by Crippen LogP contribution is 2.34. The summed E-state index contributed by atoms with van der Waals surface area (Å²) in [5.74, 6) is 0.905. The highest BCUT2D eigenvalue weighted by Gasteiger charge is 2.29. The van der Waals surface area contributed by atoms with E-state index in [2.05, 4.69) is 17.9 Å². The van der Waals surface area contributed by atoms with Gasteiger partial charge in [0, 0.05) is 49.1 Å². The number of aryl methyl sites for hydroxylation is 2. The molecule has 1 saturated heterocycles. The second-order valence-electron chi connectivity index (χ2n) is 7.71. The molecule has 2 heterocycles. The highest BCUT2D eigenvalue weighted by atomic mass is 16.2. The van der Waals surface area contributed by atoms with Gasteiger partial charge in [0.05, 0.1) is 5.69 Å². The average molecular weight is 350 g/mol. The van der Waals surface area contributed by atoms with E-state index >= 15 is 0 Å². The van der Waals surface area contributed by atoms with Crippen LogP contribution >= 0.6 is 0 Å². The van der Waals surface area contributed by atoms with Crippen LogP contribution in [0.4, 0.5) is 5.95 Å². The molecule has 0 bridgehead atoms. The standard InChI is InChI=1S/C21H26N4O/c1-13-12-15(8-9-16(13)20(26)24(3)4)19-17-6-5-7-18(17)22-21(23-19)25-11-10-14(25)2/h8-9,12,14H,5-7,10-11H2,1-4H3/t14-/m0/s1. The van der Waals surface area contributed by atoms with E-state index in [4.69, 9.17) is 9.97 Å². The fraction of sp³-hybridized carbons (Fsp3) is 0.476. The lowest BCUT2D eigenvalue weighted by Crippen LogP contribution is -2.46. The van der Waals surface area contributed by atoms with Crippen LogP contribution in [-0.2, 0) is 12.8 Å². The minimum Gasteiger partial charge on any atom is -0.345 e. The van der Waals surface area contributed by atoms with Gasteiger partial charge in [0.25, 0.3) is 5.91 Å². The lowest BCUT2D eigenvalue weighted by molar-refractivity contribution is 0.0827. The topological polar surface area (TPSA) is 49.3 Å². The Kier molecular flexibility index (Phi) is 4.17. The van der Waals surface area contributed by atoms with Crippen LogP contribution in [0.5, 0.6) is 0 Å². The van der Waals surface area contributed by atoms with Gasteiger partial charge in [-0.1, -0.05) is 6.07 Å². The molecule has 1 aromatic carbocycles. The van der Waals surface area contributed by atoms with Gasteiger partial charge in [0.2, 0.25) is 5.95 Å². The molecular formula is C21H26N4O. The largest absolute Gasteiger partial charge is 0.345 e. The van der Waals surface area contributed by atoms with Crippen LogP contribution in [0.3, 0.4) is 0 Å². The van der Waals surface area contributed by atoms with E-state index in [-0.39, 0.29) is 5.91 Å². The predicted molar refractivity (Wildman–Crippen MR) is 104 cm³/mol. The molecule has 1 aliphatic carbocycles. The minimum absolute atomic E-state index is 0.0389. The smallest absolute Gasteiger partial charge is 0.253 e. The summed E-state index contributed by atoms with van der Waals surface area (Å²) in [6.07, 6.45) is 4.43. The van der Waals surface area contributed by atoms with E-state index < -0.39 is 0 Å². The quantitative estimate of drug-likeness (QED) is 0.853. The normalized spacial score (nSPS) is 18.5. The Bertz CT molecular complexity index is 875. The average Bonchev–Trinajstić information content (AvgIpc) is 3.07. The number of amides is 1. The summed E-state index contributed by atoms with van der Waals surface area (Å²) in [5.41, 5.74) is 6.37. The summed E-state index contributed by atoms with van der Waals surface area (Å²) in [5, 5.41) is 0. The number of rotatable bonds is 3.